The predicted molar refractivity (Wildman–Crippen MR) is 111 cm³/mol. The Kier molecular flexibility index (Phi) is 7.85. The van der Waals surface area contributed by atoms with E-state index in [4.69, 9.17) is 9.73 Å². The Morgan fingerprint density at radius 2 is 2.00 bits per heavy atom. The standard InChI is InChI=1S/C21H33N5O/c1-7-22-21(23-13-19(27-6)17-11-9-8-10-12-17)25(4)14-18-15-26(5)24-20(18)16(2)3/h8-12,15-16,19H,7,13-14H2,1-6H3,(H,22,23). The summed E-state index contributed by atoms with van der Waals surface area (Å²) in [6, 6.07) is 10.2. The average Bonchev–Trinajstić information content (AvgIpc) is 3.02. The lowest BCUT2D eigenvalue weighted by Crippen LogP contribution is -2.39. The van der Waals surface area contributed by atoms with E-state index in [2.05, 4.69) is 61.5 Å². The zero-order valence-corrected chi connectivity index (χ0v) is 17.4. The highest BCUT2D eigenvalue weighted by Gasteiger charge is 2.16. The number of ether oxygens (including phenoxy) is 1. The third kappa shape index (κ3) is 5.82. The van der Waals surface area contributed by atoms with Crippen LogP contribution in [0.1, 0.15) is 49.6 Å². The summed E-state index contributed by atoms with van der Waals surface area (Å²) in [5, 5.41) is 7.99. The number of rotatable bonds is 8. The molecule has 2 aromatic rings. The van der Waals surface area contributed by atoms with Crippen LogP contribution in [0.15, 0.2) is 41.5 Å². The van der Waals surface area contributed by atoms with Crippen LogP contribution in [0.4, 0.5) is 0 Å². The number of nitrogens with zero attached hydrogens (tertiary/aromatic N) is 4. The molecule has 6 nitrogen and oxygen atoms in total. The maximum absolute atomic E-state index is 5.65. The van der Waals surface area contributed by atoms with Crippen molar-refractivity contribution >= 4 is 5.96 Å². The van der Waals surface area contributed by atoms with E-state index in [1.807, 2.05) is 29.9 Å². The number of hydrogen-bond acceptors (Lipinski definition) is 3. The van der Waals surface area contributed by atoms with Gasteiger partial charge in [-0.2, -0.15) is 5.10 Å². The first-order chi connectivity index (χ1) is 13.0. The van der Waals surface area contributed by atoms with Crippen LogP contribution in [0.3, 0.4) is 0 Å². The van der Waals surface area contributed by atoms with Gasteiger partial charge in [-0.15, -0.1) is 0 Å². The summed E-state index contributed by atoms with van der Waals surface area (Å²) in [5.41, 5.74) is 3.50. The van der Waals surface area contributed by atoms with Crippen LogP contribution in [0.25, 0.3) is 0 Å². The summed E-state index contributed by atoms with van der Waals surface area (Å²) in [6.45, 7) is 8.57. The number of hydrogen-bond donors (Lipinski definition) is 1. The number of aromatic nitrogens is 2. The van der Waals surface area contributed by atoms with Gasteiger partial charge in [-0.25, -0.2) is 0 Å². The van der Waals surface area contributed by atoms with E-state index in [0.29, 0.717) is 12.5 Å². The Balaban J connectivity index is 2.14. The fourth-order valence-corrected chi connectivity index (χ4v) is 3.12. The fourth-order valence-electron chi connectivity index (χ4n) is 3.12. The van der Waals surface area contributed by atoms with Crippen molar-refractivity contribution in [1.29, 1.82) is 0 Å². The molecule has 0 aliphatic rings. The highest BCUT2D eigenvalue weighted by Crippen LogP contribution is 2.19. The van der Waals surface area contributed by atoms with E-state index >= 15 is 0 Å². The minimum absolute atomic E-state index is 0.0575. The van der Waals surface area contributed by atoms with Crippen molar-refractivity contribution in [3.8, 4) is 0 Å². The second-order valence-corrected chi connectivity index (χ2v) is 7.05. The van der Waals surface area contributed by atoms with E-state index in [9.17, 15) is 0 Å². The molecule has 1 heterocycles. The minimum Gasteiger partial charge on any atom is -0.375 e. The third-order valence-electron chi connectivity index (χ3n) is 4.45. The van der Waals surface area contributed by atoms with Crippen molar-refractivity contribution in [3.05, 3.63) is 53.3 Å². The van der Waals surface area contributed by atoms with Crippen molar-refractivity contribution in [2.75, 3.05) is 27.2 Å². The topological polar surface area (TPSA) is 54.7 Å². The molecule has 0 saturated heterocycles. The minimum atomic E-state index is -0.0575. The molecule has 6 heteroatoms. The van der Waals surface area contributed by atoms with Gasteiger partial charge in [-0.3, -0.25) is 9.67 Å². The van der Waals surface area contributed by atoms with Crippen molar-refractivity contribution in [3.63, 3.8) is 0 Å². The number of methoxy groups -OCH3 is 1. The summed E-state index contributed by atoms with van der Waals surface area (Å²) in [4.78, 5) is 6.96. The molecule has 0 radical (unpaired) electrons. The van der Waals surface area contributed by atoms with Gasteiger partial charge in [-0.1, -0.05) is 44.2 Å². The van der Waals surface area contributed by atoms with Crippen LogP contribution in [0, 0.1) is 0 Å². The van der Waals surface area contributed by atoms with E-state index in [0.717, 1.165) is 30.3 Å². The summed E-state index contributed by atoms with van der Waals surface area (Å²) in [6.07, 6.45) is 2.04. The Hall–Kier alpha value is -2.34. The Labute approximate surface area is 163 Å². The summed E-state index contributed by atoms with van der Waals surface area (Å²) < 4.78 is 7.54. The van der Waals surface area contributed by atoms with Crippen molar-refractivity contribution in [1.82, 2.24) is 20.0 Å². The molecule has 0 spiro atoms. The molecule has 1 unspecified atom stereocenters. The SMILES string of the molecule is CCNC(=NCC(OC)c1ccccc1)N(C)Cc1cn(C)nc1C(C)C. The zero-order valence-electron chi connectivity index (χ0n) is 17.4. The number of aliphatic imine (C=N–C) groups is 1. The first-order valence-corrected chi connectivity index (χ1v) is 9.55. The van der Waals surface area contributed by atoms with Gasteiger partial charge >= 0.3 is 0 Å². The Morgan fingerprint density at radius 3 is 2.59 bits per heavy atom. The highest BCUT2D eigenvalue weighted by molar-refractivity contribution is 5.79. The quantitative estimate of drug-likeness (QED) is 0.571. The molecular formula is C21H33N5O. The molecule has 0 bridgehead atoms. The average molecular weight is 372 g/mol. The van der Waals surface area contributed by atoms with Gasteiger partial charge in [0.25, 0.3) is 0 Å². The highest BCUT2D eigenvalue weighted by atomic mass is 16.5. The van der Waals surface area contributed by atoms with E-state index in [1.54, 1.807) is 7.11 Å². The fraction of sp³-hybridized carbons (Fsp3) is 0.524. The lowest BCUT2D eigenvalue weighted by molar-refractivity contribution is 0.110. The maximum atomic E-state index is 5.65. The molecule has 1 aromatic carbocycles. The van der Waals surface area contributed by atoms with Gasteiger partial charge in [-0.05, 0) is 18.4 Å². The van der Waals surface area contributed by atoms with E-state index in [1.165, 1.54) is 5.56 Å². The maximum Gasteiger partial charge on any atom is 0.194 e. The Bertz CT molecular complexity index is 723. The summed E-state index contributed by atoms with van der Waals surface area (Å²) in [7, 11) is 5.76. The first kappa shape index (κ1) is 21.0. The lowest BCUT2D eigenvalue weighted by Gasteiger charge is -2.23. The summed E-state index contributed by atoms with van der Waals surface area (Å²) >= 11 is 0. The predicted octanol–water partition coefficient (Wildman–Crippen LogP) is 3.33. The molecular weight excluding hydrogens is 338 g/mol. The molecule has 0 aliphatic heterocycles. The molecule has 0 amide bonds. The smallest absolute Gasteiger partial charge is 0.194 e. The normalized spacial score (nSPS) is 13.1. The van der Waals surface area contributed by atoms with Crippen LogP contribution in [0.2, 0.25) is 0 Å². The molecule has 1 N–H and O–H groups in total. The largest absolute Gasteiger partial charge is 0.375 e. The van der Waals surface area contributed by atoms with Crippen LogP contribution in [0.5, 0.6) is 0 Å². The van der Waals surface area contributed by atoms with Gasteiger partial charge < -0.3 is 15.0 Å². The number of nitrogens with one attached hydrogen (secondary N) is 1. The van der Waals surface area contributed by atoms with E-state index < -0.39 is 0 Å². The monoisotopic (exact) mass is 371 g/mol. The molecule has 0 aliphatic carbocycles. The number of aryl methyl sites for hydroxylation is 1. The zero-order chi connectivity index (χ0) is 19.8. The Morgan fingerprint density at radius 1 is 1.30 bits per heavy atom. The number of guanidine groups is 1. The molecule has 27 heavy (non-hydrogen) atoms. The molecule has 0 fully saturated rings. The lowest BCUT2D eigenvalue weighted by atomic mass is 10.1. The van der Waals surface area contributed by atoms with Crippen LogP contribution in [-0.2, 0) is 18.3 Å². The van der Waals surface area contributed by atoms with Gasteiger partial charge in [0, 0.05) is 46.1 Å². The van der Waals surface area contributed by atoms with Crippen LogP contribution in [-0.4, -0.2) is 47.9 Å². The molecule has 0 saturated carbocycles. The van der Waals surface area contributed by atoms with Crippen molar-refractivity contribution < 1.29 is 4.74 Å². The van der Waals surface area contributed by atoms with Gasteiger partial charge in [0.1, 0.15) is 6.10 Å². The summed E-state index contributed by atoms with van der Waals surface area (Å²) in [5.74, 6) is 1.26. The van der Waals surface area contributed by atoms with Gasteiger partial charge in [0.2, 0.25) is 0 Å². The second-order valence-electron chi connectivity index (χ2n) is 7.05. The van der Waals surface area contributed by atoms with Crippen molar-refractivity contribution in [2.24, 2.45) is 12.0 Å². The molecule has 1 aromatic heterocycles. The van der Waals surface area contributed by atoms with Gasteiger partial charge in [0.05, 0.1) is 12.2 Å². The van der Waals surface area contributed by atoms with Crippen LogP contribution < -0.4 is 5.32 Å². The number of benzene rings is 1. The van der Waals surface area contributed by atoms with E-state index in [-0.39, 0.29) is 6.10 Å². The third-order valence-corrected chi connectivity index (χ3v) is 4.45. The van der Waals surface area contributed by atoms with Crippen molar-refractivity contribution in [2.45, 2.75) is 39.3 Å². The molecule has 2 rings (SSSR count). The van der Waals surface area contributed by atoms with Gasteiger partial charge in [0.15, 0.2) is 5.96 Å². The first-order valence-electron chi connectivity index (χ1n) is 9.55. The molecule has 1 atom stereocenters. The van der Waals surface area contributed by atoms with Crippen LogP contribution >= 0.6 is 0 Å². The molecule has 148 valence electrons. The second kappa shape index (κ2) is 10.1.